The van der Waals surface area contributed by atoms with Gasteiger partial charge in [0.1, 0.15) is 5.75 Å². The molecule has 0 atom stereocenters. The Hall–Kier alpha value is -0.580. The number of aliphatic hydroxyl groups excluding tert-OH is 1. The molecule has 0 spiro atoms. The third-order valence-corrected chi connectivity index (χ3v) is 2.81. The van der Waals surface area contributed by atoms with E-state index in [4.69, 9.17) is 5.11 Å². The first kappa shape index (κ1) is 12.5. The summed E-state index contributed by atoms with van der Waals surface area (Å²) in [6.07, 6.45) is 0. The van der Waals surface area contributed by atoms with Gasteiger partial charge >= 0.3 is 0 Å². The molecule has 0 fully saturated rings. The largest absolute Gasteiger partial charge is 0.506 e. The number of phenolic OH excluding ortho intramolecular Hbond substituents is 1. The van der Waals surface area contributed by atoms with Gasteiger partial charge in [-0.15, -0.1) is 0 Å². The van der Waals surface area contributed by atoms with Crippen LogP contribution in [0.3, 0.4) is 0 Å². The van der Waals surface area contributed by atoms with Gasteiger partial charge in [-0.3, -0.25) is 4.90 Å². The fraction of sp³-hybridized carbons (Fsp3) is 0.455. The van der Waals surface area contributed by atoms with Crippen molar-refractivity contribution in [3.8, 4) is 5.75 Å². The van der Waals surface area contributed by atoms with Crippen molar-refractivity contribution in [2.75, 3.05) is 20.2 Å². The molecule has 84 valence electrons. The molecule has 0 aliphatic rings. The van der Waals surface area contributed by atoms with Crippen molar-refractivity contribution in [2.24, 2.45) is 0 Å². The highest BCUT2D eigenvalue weighted by atomic mass is 79.9. The third-order valence-electron chi connectivity index (χ3n) is 2.21. The fourth-order valence-corrected chi connectivity index (χ4v) is 2.08. The third kappa shape index (κ3) is 3.48. The SMILES string of the molecule is Cc1cc(Br)c(O)c(CN(C)CCO)c1. The number of aliphatic hydroxyl groups is 1. The Morgan fingerprint density at radius 3 is 2.67 bits per heavy atom. The van der Waals surface area contributed by atoms with Crippen LogP contribution in [0.5, 0.6) is 5.75 Å². The highest BCUT2D eigenvalue weighted by Gasteiger charge is 2.08. The predicted molar refractivity (Wildman–Crippen MR) is 64.0 cm³/mol. The first-order valence-electron chi connectivity index (χ1n) is 4.82. The van der Waals surface area contributed by atoms with E-state index in [0.717, 1.165) is 15.6 Å². The van der Waals surface area contributed by atoms with E-state index >= 15 is 0 Å². The van der Waals surface area contributed by atoms with Crippen molar-refractivity contribution in [1.29, 1.82) is 0 Å². The average molecular weight is 274 g/mol. The molecule has 0 amide bonds. The number of nitrogens with zero attached hydrogens (tertiary/aromatic N) is 1. The van der Waals surface area contributed by atoms with E-state index in [1.54, 1.807) is 0 Å². The summed E-state index contributed by atoms with van der Waals surface area (Å²) in [6.45, 7) is 3.35. The summed E-state index contributed by atoms with van der Waals surface area (Å²) in [5.41, 5.74) is 1.98. The Kier molecular flexibility index (Phi) is 4.57. The van der Waals surface area contributed by atoms with Crippen LogP contribution < -0.4 is 0 Å². The minimum atomic E-state index is 0.129. The van der Waals surface area contributed by atoms with Crippen LogP contribution in [0.1, 0.15) is 11.1 Å². The van der Waals surface area contributed by atoms with Crippen molar-refractivity contribution in [2.45, 2.75) is 13.5 Å². The van der Waals surface area contributed by atoms with Gasteiger partial charge in [0.05, 0.1) is 11.1 Å². The zero-order valence-corrected chi connectivity index (χ0v) is 10.6. The van der Waals surface area contributed by atoms with Crippen LogP contribution in [0, 0.1) is 6.92 Å². The number of hydrogen-bond acceptors (Lipinski definition) is 3. The van der Waals surface area contributed by atoms with Crippen LogP contribution in [-0.2, 0) is 6.54 Å². The standard InChI is InChI=1S/C11H16BrNO2/c1-8-5-9(7-13(2)3-4-14)11(15)10(12)6-8/h5-6,14-15H,3-4,7H2,1-2H3. The molecule has 15 heavy (non-hydrogen) atoms. The first-order chi connectivity index (χ1) is 7.04. The molecule has 0 bridgehead atoms. The van der Waals surface area contributed by atoms with E-state index in [0.29, 0.717) is 13.1 Å². The molecule has 0 radical (unpaired) electrons. The van der Waals surface area contributed by atoms with Crippen molar-refractivity contribution in [1.82, 2.24) is 4.90 Å². The predicted octanol–water partition coefficient (Wildman–Crippen LogP) is 1.89. The second kappa shape index (κ2) is 5.49. The number of halogens is 1. The van der Waals surface area contributed by atoms with Gasteiger partial charge in [-0.25, -0.2) is 0 Å². The molecule has 0 aliphatic heterocycles. The maximum Gasteiger partial charge on any atom is 0.134 e. The number of likely N-dealkylation sites (N-methyl/N-ethyl adjacent to an activating group) is 1. The van der Waals surface area contributed by atoms with E-state index in [1.165, 1.54) is 0 Å². The number of aromatic hydroxyl groups is 1. The van der Waals surface area contributed by atoms with E-state index in [2.05, 4.69) is 15.9 Å². The molecule has 2 N–H and O–H groups in total. The van der Waals surface area contributed by atoms with Gasteiger partial charge in [-0.05, 0) is 41.5 Å². The lowest BCUT2D eigenvalue weighted by molar-refractivity contribution is 0.216. The Labute approximate surface area is 98.5 Å². The molecule has 0 saturated heterocycles. The van der Waals surface area contributed by atoms with Crippen LogP contribution in [0.4, 0.5) is 0 Å². The molecule has 1 aromatic rings. The summed E-state index contributed by atoms with van der Waals surface area (Å²) >= 11 is 3.31. The monoisotopic (exact) mass is 273 g/mol. The zero-order chi connectivity index (χ0) is 11.4. The van der Waals surface area contributed by atoms with Crippen molar-refractivity contribution >= 4 is 15.9 Å². The molecule has 0 saturated carbocycles. The van der Waals surface area contributed by atoms with Crippen LogP contribution in [0.2, 0.25) is 0 Å². The van der Waals surface area contributed by atoms with Gasteiger partial charge < -0.3 is 10.2 Å². The summed E-state index contributed by atoms with van der Waals surface area (Å²) in [5.74, 6) is 0.283. The number of hydrogen-bond donors (Lipinski definition) is 2. The van der Waals surface area contributed by atoms with Crippen LogP contribution in [0.15, 0.2) is 16.6 Å². The number of phenols is 1. The molecule has 4 heteroatoms. The number of rotatable bonds is 4. The van der Waals surface area contributed by atoms with Crippen LogP contribution in [0.25, 0.3) is 0 Å². The molecular formula is C11H16BrNO2. The lowest BCUT2D eigenvalue weighted by Gasteiger charge is -2.16. The Bertz CT molecular complexity index is 342. The van der Waals surface area contributed by atoms with E-state index in [1.807, 2.05) is 31.0 Å². The molecule has 1 aromatic carbocycles. The van der Waals surface area contributed by atoms with Gasteiger partial charge in [0, 0.05) is 18.7 Å². The summed E-state index contributed by atoms with van der Waals surface area (Å²) in [7, 11) is 1.91. The minimum absolute atomic E-state index is 0.129. The molecule has 0 aromatic heterocycles. The van der Waals surface area contributed by atoms with Crippen molar-refractivity contribution in [3.63, 3.8) is 0 Å². The Morgan fingerprint density at radius 2 is 2.07 bits per heavy atom. The smallest absolute Gasteiger partial charge is 0.134 e. The van der Waals surface area contributed by atoms with E-state index in [9.17, 15) is 5.11 Å². The molecule has 0 unspecified atom stereocenters. The Morgan fingerprint density at radius 1 is 1.40 bits per heavy atom. The zero-order valence-electron chi connectivity index (χ0n) is 9.00. The summed E-state index contributed by atoms with van der Waals surface area (Å²) in [6, 6.07) is 3.83. The van der Waals surface area contributed by atoms with Gasteiger partial charge in [-0.1, -0.05) is 6.07 Å². The second-order valence-electron chi connectivity index (χ2n) is 3.72. The van der Waals surface area contributed by atoms with Gasteiger partial charge in [0.2, 0.25) is 0 Å². The maximum absolute atomic E-state index is 9.80. The van der Waals surface area contributed by atoms with Crippen LogP contribution in [-0.4, -0.2) is 35.3 Å². The minimum Gasteiger partial charge on any atom is -0.506 e. The quantitative estimate of drug-likeness (QED) is 0.881. The van der Waals surface area contributed by atoms with Gasteiger partial charge in [0.15, 0.2) is 0 Å². The van der Waals surface area contributed by atoms with Gasteiger partial charge in [-0.2, -0.15) is 0 Å². The topological polar surface area (TPSA) is 43.7 Å². The number of aryl methyl sites for hydroxylation is 1. The maximum atomic E-state index is 9.80. The summed E-state index contributed by atoms with van der Waals surface area (Å²) in [5, 5.41) is 18.6. The summed E-state index contributed by atoms with van der Waals surface area (Å²) < 4.78 is 0.717. The van der Waals surface area contributed by atoms with Crippen molar-refractivity contribution in [3.05, 3.63) is 27.7 Å². The first-order valence-corrected chi connectivity index (χ1v) is 5.61. The van der Waals surface area contributed by atoms with Crippen LogP contribution >= 0.6 is 15.9 Å². The highest BCUT2D eigenvalue weighted by molar-refractivity contribution is 9.10. The molecule has 0 aliphatic carbocycles. The average Bonchev–Trinajstić information content (AvgIpc) is 2.13. The molecular weight excluding hydrogens is 258 g/mol. The van der Waals surface area contributed by atoms with Crippen molar-refractivity contribution < 1.29 is 10.2 Å². The summed E-state index contributed by atoms with van der Waals surface area (Å²) in [4.78, 5) is 1.96. The number of benzene rings is 1. The highest BCUT2D eigenvalue weighted by Crippen LogP contribution is 2.29. The Balaban J connectivity index is 2.84. The van der Waals surface area contributed by atoms with E-state index in [-0.39, 0.29) is 12.4 Å². The lowest BCUT2D eigenvalue weighted by atomic mass is 10.1. The normalized spacial score (nSPS) is 11.0. The second-order valence-corrected chi connectivity index (χ2v) is 4.57. The van der Waals surface area contributed by atoms with Gasteiger partial charge in [0.25, 0.3) is 0 Å². The fourth-order valence-electron chi connectivity index (χ4n) is 1.47. The molecule has 0 heterocycles. The van der Waals surface area contributed by atoms with E-state index < -0.39 is 0 Å². The molecule has 1 rings (SSSR count). The lowest BCUT2D eigenvalue weighted by Crippen LogP contribution is -2.21. The molecule has 3 nitrogen and oxygen atoms in total.